The van der Waals surface area contributed by atoms with E-state index < -0.39 is 7.14 Å². The summed E-state index contributed by atoms with van der Waals surface area (Å²) in [4.78, 5) is 0. The van der Waals surface area contributed by atoms with Gasteiger partial charge in [0.2, 0.25) is 0 Å². The molecule has 0 aromatic heterocycles. The number of epoxide rings is 2. The lowest BCUT2D eigenvalue weighted by molar-refractivity contribution is 0.421. The molecule has 2 fully saturated rings. The summed E-state index contributed by atoms with van der Waals surface area (Å²) in [5.74, 6) is 0.724. The third-order valence-electron chi connectivity index (χ3n) is 5.55. The van der Waals surface area contributed by atoms with Crippen molar-refractivity contribution in [2.24, 2.45) is 0 Å². The highest BCUT2D eigenvalue weighted by atomic mass is 31.2. The second-order valence-corrected chi connectivity index (χ2v) is 10.5. The molecule has 0 bridgehead atoms. The largest absolute Gasteiger partial charge is 0.507 e. The molecule has 0 radical (unpaired) electrons. The molecule has 3 rings (SSSR count). The number of phenolic OH excluding ortho intramolecular Hbond substituents is 1. The van der Waals surface area contributed by atoms with E-state index in [0.29, 0.717) is 25.1 Å². The van der Waals surface area contributed by atoms with E-state index >= 15 is 0 Å². The summed E-state index contributed by atoms with van der Waals surface area (Å²) < 4.78 is 24.1. The molecule has 2 heterocycles. The van der Waals surface area contributed by atoms with Gasteiger partial charge >= 0.3 is 0 Å². The summed E-state index contributed by atoms with van der Waals surface area (Å²) in [5.41, 5.74) is 3.00. The molecule has 1 N–H and O–H groups in total. The van der Waals surface area contributed by atoms with Gasteiger partial charge in [0.15, 0.2) is 7.14 Å². The van der Waals surface area contributed by atoms with Crippen molar-refractivity contribution in [3.05, 3.63) is 28.8 Å². The van der Waals surface area contributed by atoms with Crippen molar-refractivity contribution in [1.82, 2.24) is 0 Å². The molecule has 0 spiro atoms. The third kappa shape index (κ3) is 3.42. The van der Waals surface area contributed by atoms with Gasteiger partial charge in [0, 0.05) is 6.16 Å². The second kappa shape index (κ2) is 6.82. The summed E-state index contributed by atoms with van der Waals surface area (Å²) in [7, 11) is -2.52. The van der Waals surface area contributed by atoms with Gasteiger partial charge in [0.25, 0.3) is 0 Å². The lowest BCUT2D eigenvalue weighted by Gasteiger charge is -2.21. The van der Waals surface area contributed by atoms with Crippen LogP contribution in [0, 0.1) is 0 Å². The van der Waals surface area contributed by atoms with Gasteiger partial charge in [0.05, 0.1) is 13.2 Å². The number of hydrogen-bond donors (Lipinski definition) is 1. The average molecular weight is 352 g/mol. The molecule has 0 saturated carbocycles. The molecule has 4 atom stereocenters. The number of phenols is 1. The van der Waals surface area contributed by atoms with Gasteiger partial charge in [-0.25, -0.2) is 0 Å². The molecule has 0 aliphatic carbocycles. The van der Waals surface area contributed by atoms with E-state index in [1.54, 1.807) is 0 Å². The Bertz CT molecular complexity index is 602. The van der Waals surface area contributed by atoms with E-state index in [1.165, 1.54) is 0 Å². The van der Waals surface area contributed by atoms with E-state index in [-0.39, 0.29) is 23.5 Å². The van der Waals surface area contributed by atoms with Crippen LogP contribution in [0.3, 0.4) is 0 Å². The quantitative estimate of drug-likeness (QED) is 0.528. The van der Waals surface area contributed by atoms with Crippen LogP contribution >= 0.6 is 7.14 Å². The fraction of sp³-hybridized carbons (Fsp3) is 0.684. The molecule has 2 aliphatic heterocycles. The highest BCUT2D eigenvalue weighted by molar-refractivity contribution is 7.64. The van der Waals surface area contributed by atoms with Gasteiger partial charge in [-0.15, -0.1) is 0 Å². The Labute approximate surface area is 144 Å². The van der Waals surface area contributed by atoms with Crippen molar-refractivity contribution in [2.45, 2.75) is 70.2 Å². The molecule has 0 amide bonds. The van der Waals surface area contributed by atoms with Crippen LogP contribution in [-0.4, -0.2) is 30.0 Å². The lowest BCUT2D eigenvalue weighted by atomic mass is 9.88. The molecule has 134 valence electrons. The number of aromatic hydroxyl groups is 1. The maximum atomic E-state index is 13.4. The van der Waals surface area contributed by atoms with Crippen LogP contribution in [0.4, 0.5) is 0 Å². The van der Waals surface area contributed by atoms with Gasteiger partial charge in [-0.05, 0) is 41.4 Å². The summed E-state index contributed by atoms with van der Waals surface area (Å²) >= 11 is 0. The smallest absolute Gasteiger partial charge is 0.151 e. The van der Waals surface area contributed by atoms with Gasteiger partial charge in [-0.2, -0.15) is 0 Å². The van der Waals surface area contributed by atoms with Crippen molar-refractivity contribution < 1.29 is 19.1 Å². The van der Waals surface area contributed by atoms with Crippen LogP contribution in [0.25, 0.3) is 0 Å². The highest BCUT2D eigenvalue weighted by Crippen LogP contribution is 2.66. The molecule has 24 heavy (non-hydrogen) atoms. The Morgan fingerprint density at radius 1 is 1.08 bits per heavy atom. The predicted octanol–water partition coefficient (Wildman–Crippen LogP) is 4.99. The maximum absolute atomic E-state index is 13.4. The minimum Gasteiger partial charge on any atom is -0.507 e. The molecule has 4 nitrogen and oxygen atoms in total. The molecule has 1 aromatic carbocycles. The summed E-state index contributed by atoms with van der Waals surface area (Å²) in [6.07, 6.45) is 2.44. The van der Waals surface area contributed by atoms with Crippen molar-refractivity contribution in [1.29, 1.82) is 0 Å². The molecule has 4 unspecified atom stereocenters. The average Bonchev–Trinajstić information content (AvgIpc) is 3.44. The Balaban J connectivity index is 1.98. The van der Waals surface area contributed by atoms with E-state index in [0.717, 1.165) is 29.5 Å². The zero-order valence-electron chi connectivity index (χ0n) is 15.1. The molecule has 1 aromatic rings. The number of hydrogen-bond acceptors (Lipinski definition) is 4. The van der Waals surface area contributed by atoms with E-state index in [1.807, 2.05) is 12.1 Å². The first-order valence-electron chi connectivity index (χ1n) is 9.08. The summed E-state index contributed by atoms with van der Waals surface area (Å²) in [6.45, 7) is 9.69. The fourth-order valence-corrected chi connectivity index (χ4v) is 6.01. The molecule has 2 aliphatic rings. The van der Waals surface area contributed by atoms with Crippen LogP contribution in [0.2, 0.25) is 0 Å². The van der Waals surface area contributed by atoms with Crippen LogP contribution in [0.1, 0.15) is 69.1 Å². The van der Waals surface area contributed by atoms with Crippen molar-refractivity contribution in [3.8, 4) is 5.75 Å². The topological polar surface area (TPSA) is 62.4 Å². The number of rotatable bonds is 8. The predicted molar refractivity (Wildman–Crippen MR) is 96.3 cm³/mol. The fourth-order valence-electron chi connectivity index (χ4n) is 3.29. The summed E-state index contributed by atoms with van der Waals surface area (Å²) in [5, 5.41) is 10.7. The molecule has 5 heteroatoms. The van der Waals surface area contributed by atoms with Crippen molar-refractivity contribution in [3.63, 3.8) is 0 Å². The summed E-state index contributed by atoms with van der Waals surface area (Å²) in [6, 6.07) is 4.10. The Hall–Kier alpha value is -0.830. The van der Waals surface area contributed by atoms with E-state index in [4.69, 9.17) is 9.47 Å². The first-order valence-corrected chi connectivity index (χ1v) is 11.1. The van der Waals surface area contributed by atoms with Gasteiger partial charge in [-0.1, -0.05) is 39.8 Å². The molecular formula is C19H29O4P. The van der Waals surface area contributed by atoms with Gasteiger partial charge < -0.3 is 19.1 Å². The van der Waals surface area contributed by atoms with Crippen LogP contribution in [0.5, 0.6) is 5.75 Å². The lowest BCUT2D eigenvalue weighted by Crippen LogP contribution is -2.05. The standard InChI is InChI=1S/C19H29O4P/c1-5-12(3)15-7-14(8-16(19(15)20)13(4)6-2)11-24(21,17-9-22-17)18-10-23-18/h7-8,12-13,17-18,20H,5-6,9-11H2,1-4H3. The first-order chi connectivity index (χ1) is 11.4. The number of benzene rings is 1. The number of ether oxygens (including phenoxy) is 2. The van der Waals surface area contributed by atoms with E-state index in [9.17, 15) is 9.67 Å². The monoisotopic (exact) mass is 352 g/mol. The van der Waals surface area contributed by atoms with Crippen LogP contribution in [0.15, 0.2) is 12.1 Å². The molecular weight excluding hydrogens is 323 g/mol. The minimum atomic E-state index is -2.52. The van der Waals surface area contributed by atoms with Crippen LogP contribution in [-0.2, 0) is 20.2 Å². The Morgan fingerprint density at radius 3 is 1.83 bits per heavy atom. The Kier molecular flexibility index (Phi) is 5.11. The zero-order chi connectivity index (χ0) is 17.5. The maximum Gasteiger partial charge on any atom is 0.151 e. The normalized spacial score (nSPS) is 27.3. The first kappa shape index (κ1) is 18.0. The van der Waals surface area contributed by atoms with Gasteiger partial charge in [-0.3, -0.25) is 0 Å². The van der Waals surface area contributed by atoms with Crippen LogP contribution < -0.4 is 0 Å². The van der Waals surface area contributed by atoms with Crippen molar-refractivity contribution in [2.75, 3.05) is 13.2 Å². The van der Waals surface area contributed by atoms with Crippen molar-refractivity contribution >= 4 is 7.14 Å². The zero-order valence-corrected chi connectivity index (χ0v) is 16.0. The Morgan fingerprint density at radius 2 is 1.50 bits per heavy atom. The SMILES string of the molecule is CCC(C)c1cc(CP(=O)(C2CO2)C2CO2)cc(C(C)CC)c1O. The second-order valence-electron chi connectivity index (χ2n) is 7.33. The highest BCUT2D eigenvalue weighted by Gasteiger charge is 2.53. The third-order valence-corrected chi connectivity index (χ3v) is 8.96. The van der Waals surface area contributed by atoms with Gasteiger partial charge in [0.1, 0.15) is 17.4 Å². The van der Waals surface area contributed by atoms with E-state index in [2.05, 4.69) is 27.7 Å². The minimum absolute atomic E-state index is 0.127. The molecule has 2 saturated heterocycles.